The van der Waals surface area contributed by atoms with Crippen LogP contribution in [-0.4, -0.2) is 41.2 Å². The van der Waals surface area contributed by atoms with Crippen LogP contribution in [0.3, 0.4) is 0 Å². The van der Waals surface area contributed by atoms with E-state index in [9.17, 15) is 19.2 Å². The Labute approximate surface area is 151 Å². The first-order valence-electron chi connectivity index (χ1n) is 8.53. The molecule has 0 saturated carbocycles. The second kappa shape index (κ2) is 7.51. The molecule has 7 heteroatoms. The molecule has 1 aliphatic heterocycles. The summed E-state index contributed by atoms with van der Waals surface area (Å²) in [6.45, 7) is 0.973. The van der Waals surface area contributed by atoms with E-state index in [1.54, 1.807) is 24.3 Å². The predicted octanol–water partition coefficient (Wildman–Crippen LogP) is 1.51. The van der Waals surface area contributed by atoms with Gasteiger partial charge in [-0.05, 0) is 31.9 Å². The lowest BCUT2D eigenvalue weighted by atomic mass is 9.85. The third-order valence-electron chi connectivity index (χ3n) is 4.60. The highest BCUT2D eigenvalue weighted by atomic mass is 16.5. The van der Waals surface area contributed by atoms with Crippen molar-refractivity contribution in [1.29, 1.82) is 0 Å². The van der Waals surface area contributed by atoms with Gasteiger partial charge in [-0.15, -0.1) is 0 Å². The van der Waals surface area contributed by atoms with Crippen molar-refractivity contribution in [3.05, 3.63) is 42.5 Å². The van der Waals surface area contributed by atoms with E-state index in [1.165, 1.54) is 6.92 Å². The normalized spacial score (nSPS) is 22.7. The molecule has 3 amide bonds. The summed E-state index contributed by atoms with van der Waals surface area (Å²) < 4.78 is 5.08. The van der Waals surface area contributed by atoms with Crippen LogP contribution in [0, 0.1) is 11.8 Å². The number of carbonyl (C=O) groups excluding carboxylic acids is 4. The number of nitrogens with one attached hydrogen (secondary N) is 1. The highest BCUT2D eigenvalue weighted by Crippen LogP contribution is 2.34. The number of amides is 3. The van der Waals surface area contributed by atoms with E-state index in [0.717, 1.165) is 4.90 Å². The van der Waals surface area contributed by atoms with Gasteiger partial charge in [0, 0.05) is 5.69 Å². The number of allylic oxidation sites excluding steroid dienone is 2. The van der Waals surface area contributed by atoms with Gasteiger partial charge in [0.2, 0.25) is 11.8 Å². The molecule has 0 spiro atoms. The minimum atomic E-state index is -1.04. The van der Waals surface area contributed by atoms with Gasteiger partial charge in [-0.3, -0.25) is 24.1 Å². The second-order valence-electron chi connectivity index (χ2n) is 6.41. The lowest BCUT2D eigenvalue weighted by Gasteiger charge is -2.17. The van der Waals surface area contributed by atoms with Crippen molar-refractivity contribution >= 4 is 29.4 Å². The number of fused-ring (bicyclic) bond motifs is 1. The summed E-state index contributed by atoms with van der Waals surface area (Å²) in [6, 6.07) is 8.78. The summed E-state index contributed by atoms with van der Waals surface area (Å²) in [5.41, 5.74) is 0.585. The van der Waals surface area contributed by atoms with Gasteiger partial charge in [-0.2, -0.15) is 0 Å². The fourth-order valence-electron chi connectivity index (χ4n) is 3.21. The third-order valence-corrected chi connectivity index (χ3v) is 4.60. The Morgan fingerprint density at radius 2 is 1.69 bits per heavy atom. The van der Waals surface area contributed by atoms with Crippen LogP contribution < -0.4 is 5.32 Å². The number of benzene rings is 1. The Bertz CT molecular complexity index is 732. The lowest BCUT2D eigenvalue weighted by molar-refractivity contribution is -0.158. The summed E-state index contributed by atoms with van der Waals surface area (Å²) in [6.07, 6.45) is 3.74. The maximum absolute atomic E-state index is 12.3. The maximum Gasteiger partial charge on any atom is 0.326 e. The Morgan fingerprint density at radius 3 is 2.27 bits per heavy atom. The molecule has 1 heterocycles. The molecule has 26 heavy (non-hydrogen) atoms. The number of para-hydroxylation sites is 1. The van der Waals surface area contributed by atoms with Crippen molar-refractivity contribution in [2.75, 3.05) is 11.9 Å². The van der Waals surface area contributed by atoms with Crippen molar-refractivity contribution in [2.24, 2.45) is 11.8 Å². The van der Waals surface area contributed by atoms with Crippen LogP contribution >= 0.6 is 0 Å². The largest absolute Gasteiger partial charge is 0.451 e. The minimum Gasteiger partial charge on any atom is -0.451 e. The van der Waals surface area contributed by atoms with E-state index in [4.69, 9.17) is 4.74 Å². The van der Waals surface area contributed by atoms with Crippen molar-refractivity contribution in [3.63, 3.8) is 0 Å². The van der Waals surface area contributed by atoms with Crippen LogP contribution in [0.2, 0.25) is 0 Å². The highest BCUT2D eigenvalue weighted by molar-refractivity contribution is 6.07. The van der Waals surface area contributed by atoms with Crippen LogP contribution in [0.25, 0.3) is 0 Å². The molecule has 1 aromatic rings. The molecule has 1 saturated heterocycles. The average molecular weight is 356 g/mol. The molecular formula is C19H20N2O5. The smallest absolute Gasteiger partial charge is 0.326 e. The Morgan fingerprint density at radius 1 is 1.12 bits per heavy atom. The van der Waals surface area contributed by atoms with Gasteiger partial charge in [-0.25, -0.2) is 0 Å². The number of nitrogens with zero attached hydrogens (tertiary/aromatic N) is 1. The molecule has 0 bridgehead atoms. The Kier molecular flexibility index (Phi) is 5.16. The number of rotatable bonds is 5. The first kappa shape index (κ1) is 17.8. The molecule has 1 N–H and O–H groups in total. The number of likely N-dealkylation sites (tertiary alicyclic amines) is 1. The van der Waals surface area contributed by atoms with E-state index in [1.807, 2.05) is 18.2 Å². The number of anilines is 1. The molecule has 0 unspecified atom stereocenters. The van der Waals surface area contributed by atoms with Crippen LogP contribution in [0.1, 0.15) is 19.8 Å². The molecule has 1 aromatic carbocycles. The molecule has 2 aliphatic rings. The number of imide groups is 1. The standard InChI is InChI=1S/C19H20N2O5/c1-12(17(23)20-13-7-3-2-4-8-13)26-16(22)11-21-18(24)14-9-5-6-10-15(14)19(21)25/h2-8,12,14-15H,9-11H2,1H3,(H,20,23)/t12-,14-,15+/m1/s1. The Hall–Kier alpha value is -2.96. The molecule has 7 nitrogen and oxygen atoms in total. The zero-order valence-corrected chi connectivity index (χ0v) is 14.4. The van der Waals surface area contributed by atoms with E-state index in [-0.39, 0.29) is 23.7 Å². The zero-order chi connectivity index (χ0) is 18.7. The van der Waals surface area contributed by atoms with Crippen LogP contribution in [0.4, 0.5) is 5.69 Å². The summed E-state index contributed by atoms with van der Waals surface area (Å²) >= 11 is 0. The number of ether oxygens (including phenoxy) is 1. The van der Waals surface area contributed by atoms with E-state index >= 15 is 0 Å². The van der Waals surface area contributed by atoms with Gasteiger partial charge >= 0.3 is 5.97 Å². The summed E-state index contributed by atoms with van der Waals surface area (Å²) in [7, 11) is 0. The summed E-state index contributed by atoms with van der Waals surface area (Å²) in [5, 5.41) is 2.63. The first-order valence-corrected chi connectivity index (χ1v) is 8.53. The number of carbonyl (C=O) groups is 4. The molecule has 0 aromatic heterocycles. The van der Waals surface area contributed by atoms with Gasteiger partial charge in [-0.1, -0.05) is 30.4 Å². The number of esters is 1. The van der Waals surface area contributed by atoms with Crippen LogP contribution in [-0.2, 0) is 23.9 Å². The number of hydrogen-bond donors (Lipinski definition) is 1. The molecule has 1 aliphatic carbocycles. The zero-order valence-electron chi connectivity index (χ0n) is 14.4. The fraction of sp³-hybridized carbons (Fsp3) is 0.368. The fourth-order valence-corrected chi connectivity index (χ4v) is 3.21. The van der Waals surface area contributed by atoms with Crippen molar-refractivity contribution in [2.45, 2.75) is 25.9 Å². The van der Waals surface area contributed by atoms with Gasteiger partial charge in [0.1, 0.15) is 6.54 Å². The molecule has 3 rings (SSSR count). The molecule has 1 fully saturated rings. The molecule has 136 valence electrons. The van der Waals surface area contributed by atoms with Crippen molar-refractivity contribution in [3.8, 4) is 0 Å². The van der Waals surface area contributed by atoms with Gasteiger partial charge in [0.15, 0.2) is 6.10 Å². The highest BCUT2D eigenvalue weighted by Gasteiger charge is 2.47. The molecule has 0 radical (unpaired) electrons. The lowest BCUT2D eigenvalue weighted by Crippen LogP contribution is -2.39. The van der Waals surface area contributed by atoms with Crippen molar-refractivity contribution < 1.29 is 23.9 Å². The predicted molar refractivity (Wildman–Crippen MR) is 92.7 cm³/mol. The van der Waals surface area contributed by atoms with E-state index < -0.39 is 24.5 Å². The van der Waals surface area contributed by atoms with Crippen molar-refractivity contribution in [1.82, 2.24) is 4.90 Å². The maximum atomic E-state index is 12.3. The van der Waals surface area contributed by atoms with E-state index in [0.29, 0.717) is 18.5 Å². The summed E-state index contributed by atoms with van der Waals surface area (Å²) in [4.78, 5) is 49.8. The number of hydrogen-bond acceptors (Lipinski definition) is 5. The van der Waals surface area contributed by atoms with Gasteiger partial charge in [0.05, 0.1) is 11.8 Å². The van der Waals surface area contributed by atoms with Gasteiger partial charge < -0.3 is 10.1 Å². The monoisotopic (exact) mass is 356 g/mol. The van der Waals surface area contributed by atoms with Gasteiger partial charge in [0.25, 0.3) is 5.91 Å². The van der Waals surface area contributed by atoms with Crippen LogP contribution in [0.5, 0.6) is 0 Å². The minimum absolute atomic E-state index is 0.345. The quantitative estimate of drug-likeness (QED) is 0.490. The van der Waals surface area contributed by atoms with Crippen LogP contribution in [0.15, 0.2) is 42.5 Å². The average Bonchev–Trinajstić information content (AvgIpc) is 2.88. The molecular weight excluding hydrogens is 336 g/mol. The topological polar surface area (TPSA) is 92.8 Å². The SMILES string of the molecule is C[C@@H](OC(=O)CN1C(=O)[C@H]2CC=CC[C@H]2C1=O)C(=O)Nc1ccccc1. The second-order valence-corrected chi connectivity index (χ2v) is 6.41. The first-order chi connectivity index (χ1) is 12.5. The third kappa shape index (κ3) is 3.66. The van der Waals surface area contributed by atoms with E-state index in [2.05, 4.69) is 5.32 Å². The Balaban J connectivity index is 1.54. The molecule has 3 atom stereocenters. The summed E-state index contributed by atoms with van der Waals surface area (Å²) in [5.74, 6) is -2.74.